The molecule has 1 heterocycles. The predicted octanol–water partition coefficient (Wildman–Crippen LogP) is 4.76. The first-order valence-corrected chi connectivity index (χ1v) is 12.0. The summed E-state index contributed by atoms with van der Waals surface area (Å²) in [6.07, 6.45) is 0.0251. The van der Waals surface area contributed by atoms with Gasteiger partial charge in [-0.2, -0.15) is 0 Å². The first-order chi connectivity index (χ1) is 15.8. The number of hydrogen-bond acceptors (Lipinski definition) is 5. The highest BCUT2D eigenvalue weighted by atomic mass is 35.5. The zero-order valence-corrected chi connectivity index (χ0v) is 19.3. The fraction of sp³-hybridized carbons (Fsp3) is 0.167. The third kappa shape index (κ3) is 4.86. The zero-order valence-electron chi connectivity index (χ0n) is 17.7. The minimum absolute atomic E-state index is 0.0444. The molecule has 0 aromatic heterocycles. The largest absolute Gasteiger partial charge is 0.455 e. The van der Waals surface area contributed by atoms with Crippen LogP contribution in [0.25, 0.3) is 0 Å². The van der Waals surface area contributed by atoms with Gasteiger partial charge in [-0.05, 0) is 55.8 Å². The van der Waals surface area contributed by atoms with Crippen molar-refractivity contribution in [3.8, 4) is 11.5 Å². The lowest BCUT2D eigenvalue weighted by Gasteiger charge is -2.24. The Labute approximate surface area is 197 Å². The molecule has 0 radical (unpaired) electrons. The monoisotopic (exact) mass is 484 g/mol. The summed E-state index contributed by atoms with van der Waals surface area (Å²) in [7, 11) is -4.19. The maximum atomic E-state index is 13.2. The molecule has 2 amide bonds. The first kappa shape index (κ1) is 22.8. The molecule has 1 fully saturated rings. The molecule has 1 aliphatic heterocycles. The number of benzene rings is 3. The first-order valence-electron chi connectivity index (χ1n) is 10.2. The molecule has 3 aromatic carbocycles. The van der Waals surface area contributed by atoms with E-state index in [1.807, 2.05) is 25.1 Å². The highest BCUT2D eigenvalue weighted by Gasteiger charge is 2.44. The molecule has 9 heteroatoms. The van der Waals surface area contributed by atoms with E-state index in [9.17, 15) is 18.0 Å². The van der Waals surface area contributed by atoms with Gasteiger partial charge in [0.05, 0.1) is 10.6 Å². The Bertz CT molecular complexity index is 1290. The Kier molecular flexibility index (Phi) is 6.40. The molecule has 0 spiro atoms. The van der Waals surface area contributed by atoms with E-state index in [4.69, 9.17) is 16.3 Å². The fourth-order valence-corrected chi connectivity index (χ4v) is 5.32. The molecule has 1 aliphatic rings. The number of nitrogens with zero attached hydrogens (tertiary/aromatic N) is 1. The molecule has 0 aliphatic carbocycles. The number of amides is 2. The van der Waals surface area contributed by atoms with E-state index in [2.05, 4.69) is 5.32 Å². The predicted molar refractivity (Wildman–Crippen MR) is 125 cm³/mol. The van der Waals surface area contributed by atoms with E-state index in [-0.39, 0.29) is 23.4 Å². The Hall–Kier alpha value is -3.36. The molecule has 0 bridgehead atoms. The number of hydrogen-bond donors (Lipinski definition) is 1. The Balaban J connectivity index is 1.61. The Morgan fingerprint density at radius 1 is 1.06 bits per heavy atom. The van der Waals surface area contributed by atoms with Crippen molar-refractivity contribution >= 4 is 39.1 Å². The van der Waals surface area contributed by atoms with Crippen molar-refractivity contribution in [2.75, 3.05) is 5.32 Å². The number of anilines is 1. The minimum Gasteiger partial charge on any atom is -0.455 e. The second-order valence-corrected chi connectivity index (χ2v) is 9.86. The maximum absolute atomic E-state index is 13.2. The van der Waals surface area contributed by atoms with Crippen molar-refractivity contribution in [3.63, 3.8) is 0 Å². The van der Waals surface area contributed by atoms with E-state index in [1.54, 1.807) is 36.4 Å². The third-order valence-corrected chi connectivity index (χ3v) is 7.29. The standard InChI is InChI=1S/C24H21ClN2O5S/c1-16-7-10-19(11-8-16)33(30,31)27-21(12-14-23(27)28)24(29)26-20-15-17(25)9-13-22(20)32-18-5-3-2-4-6-18/h2-11,13,15,21H,12,14H2,1H3,(H,26,29)/t21-/m0/s1. The Morgan fingerprint density at radius 3 is 2.45 bits per heavy atom. The van der Waals surface area contributed by atoms with Crippen molar-refractivity contribution in [1.29, 1.82) is 0 Å². The summed E-state index contributed by atoms with van der Waals surface area (Å²) in [5, 5.41) is 3.05. The summed E-state index contributed by atoms with van der Waals surface area (Å²) in [4.78, 5) is 25.6. The third-order valence-electron chi connectivity index (χ3n) is 5.21. The second kappa shape index (κ2) is 9.25. The summed E-state index contributed by atoms with van der Waals surface area (Å²) < 4.78 is 32.9. The summed E-state index contributed by atoms with van der Waals surface area (Å²) in [6, 6.07) is 18.6. The quantitative estimate of drug-likeness (QED) is 0.544. The van der Waals surface area contributed by atoms with Crippen LogP contribution in [-0.2, 0) is 19.6 Å². The summed E-state index contributed by atoms with van der Waals surface area (Å²) >= 11 is 6.11. The average Bonchev–Trinajstić information content (AvgIpc) is 3.19. The fourth-order valence-electron chi connectivity index (χ4n) is 3.54. The van der Waals surface area contributed by atoms with E-state index >= 15 is 0 Å². The summed E-state index contributed by atoms with van der Waals surface area (Å²) in [5.74, 6) is -0.384. The topological polar surface area (TPSA) is 92.8 Å². The lowest BCUT2D eigenvalue weighted by molar-refractivity contribution is -0.128. The number of para-hydroxylation sites is 1. The average molecular weight is 485 g/mol. The SMILES string of the molecule is Cc1ccc(S(=O)(=O)N2C(=O)CC[C@H]2C(=O)Nc2cc(Cl)ccc2Oc2ccccc2)cc1. The van der Waals surface area contributed by atoms with Gasteiger partial charge in [-0.25, -0.2) is 12.7 Å². The van der Waals surface area contributed by atoms with Crippen LogP contribution in [0.15, 0.2) is 77.7 Å². The molecular formula is C24H21ClN2O5S. The van der Waals surface area contributed by atoms with E-state index in [0.29, 0.717) is 20.8 Å². The van der Waals surface area contributed by atoms with E-state index < -0.39 is 27.9 Å². The van der Waals surface area contributed by atoms with Gasteiger partial charge in [0.25, 0.3) is 10.0 Å². The number of halogens is 1. The number of ether oxygens (including phenoxy) is 1. The van der Waals surface area contributed by atoms with Crippen molar-refractivity contribution < 1.29 is 22.7 Å². The van der Waals surface area contributed by atoms with Crippen LogP contribution in [0.4, 0.5) is 5.69 Å². The molecule has 0 unspecified atom stereocenters. The van der Waals surface area contributed by atoms with Gasteiger partial charge in [0, 0.05) is 11.4 Å². The number of carbonyl (C=O) groups excluding carboxylic acids is 2. The number of rotatable bonds is 6. The van der Waals surface area contributed by atoms with Gasteiger partial charge in [-0.3, -0.25) is 9.59 Å². The van der Waals surface area contributed by atoms with Gasteiger partial charge in [0.2, 0.25) is 11.8 Å². The number of aryl methyl sites for hydroxylation is 1. The van der Waals surface area contributed by atoms with Crippen LogP contribution in [0, 0.1) is 6.92 Å². The zero-order chi connectivity index (χ0) is 23.6. The van der Waals surface area contributed by atoms with Crippen LogP contribution in [0.1, 0.15) is 18.4 Å². The second-order valence-electron chi connectivity index (χ2n) is 7.61. The Morgan fingerprint density at radius 2 is 1.76 bits per heavy atom. The van der Waals surface area contributed by atoms with Gasteiger partial charge in [0.1, 0.15) is 11.8 Å². The molecular weight excluding hydrogens is 464 g/mol. The molecule has 1 saturated heterocycles. The van der Waals surface area contributed by atoms with Gasteiger partial charge in [0.15, 0.2) is 5.75 Å². The normalized spacial score (nSPS) is 16.0. The number of sulfonamides is 1. The molecule has 1 N–H and O–H groups in total. The molecule has 170 valence electrons. The minimum atomic E-state index is -4.19. The van der Waals surface area contributed by atoms with Gasteiger partial charge in [-0.1, -0.05) is 47.5 Å². The van der Waals surface area contributed by atoms with Crippen molar-refractivity contribution in [1.82, 2.24) is 4.31 Å². The van der Waals surface area contributed by atoms with E-state index in [1.165, 1.54) is 18.2 Å². The van der Waals surface area contributed by atoms with Crippen LogP contribution >= 0.6 is 11.6 Å². The highest BCUT2D eigenvalue weighted by molar-refractivity contribution is 7.89. The molecule has 1 atom stereocenters. The smallest absolute Gasteiger partial charge is 0.267 e. The molecule has 4 rings (SSSR count). The maximum Gasteiger partial charge on any atom is 0.267 e. The summed E-state index contributed by atoms with van der Waals surface area (Å²) in [5.41, 5.74) is 1.14. The van der Waals surface area contributed by atoms with Crippen molar-refractivity contribution in [2.45, 2.75) is 30.7 Å². The number of nitrogens with one attached hydrogen (secondary N) is 1. The lowest BCUT2D eigenvalue weighted by Crippen LogP contribution is -2.45. The van der Waals surface area contributed by atoms with Gasteiger partial charge < -0.3 is 10.1 Å². The van der Waals surface area contributed by atoms with Crippen LogP contribution in [0.5, 0.6) is 11.5 Å². The number of carbonyl (C=O) groups is 2. The highest BCUT2D eigenvalue weighted by Crippen LogP contribution is 2.34. The van der Waals surface area contributed by atoms with Crippen molar-refractivity contribution in [2.24, 2.45) is 0 Å². The van der Waals surface area contributed by atoms with E-state index in [0.717, 1.165) is 5.56 Å². The molecule has 3 aromatic rings. The van der Waals surface area contributed by atoms with Gasteiger partial charge >= 0.3 is 0 Å². The molecule has 0 saturated carbocycles. The molecule has 7 nitrogen and oxygen atoms in total. The van der Waals surface area contributed by atoms with Crippen molar-refractivity contribution in [3.05, 3.63) is 83.4 Å². The van der Waals surface area contributed by atoms with Crippen LogP contribution in [0.3, 0.4) is 0 Å². The molecule has 33 heavy (non-hydrogen) atoms. The summed E-state index contributed by atoms with van der Waals surface area (Å²) in [6.45, 7) is 1.83. The van der Waals surface area contributed by atoms with Crippen LogP contribution < -0.4 is 10.1 Å². The van der Waals surface area contributed by atoms with Gasteiger partial charge in [-0.15, -0.1) is 0 Å². The van der Waals surface area contributed by atoms with Crippen LogP contribution in [-0.4, -0.2) is 30.6 Å². The lowest BCUT2D eigenvalue weighted by atomic mass is 10.2. The van der Waals surface area contributed by atoms with Crippen LogP contribution in [0.2, 0.25) is 5.02 Å².